The SMILES string of the molecule is COc1ccc(-c2csc([C@H](C#N)C(=O)[C@@H]3CC=CCC3)n2)cc1. The van der Waals surface area contributed by atoms with Gasteiger partial charge in [-0.3, -0.25) is 4.79 Å². The number of thiazole rings is 1. The summed E-state index contributed by atoms with van der Waals surface area (Å²) in [6.45, 7) is 0. The van der Waals surface area contributed by atoms with Crippen LogP contribution in [0.3, 0.4) is 0 Å². The van der Waals surface area contributed by atoms with E-state index in [9.17, 15) is 10.1 Å². The lowest BCUT2D eigenvalue weighted by atomic mass is 9.85. The van der Waals surface area contributed by atoms with E-state index >= 15 is 0 Å². The Kier molecular flexibility index (Phi) is 5.07. The van der Waals surface area contributed by atoms with Crippen LogP contribution in [-0.2, 0) is 4.79 Å². The molecule has 0 saturated heterocycles. The molecule has 0 amide bonds. The van der Waals surface area contributed by atoms with Crippen LogP contribution < -0.4 is 4.74 Å². The van der Waals surface area contributed by atoms with E-state index in [-0.39, 0.29) is 11.7 Å². The number of methoxy groups -OCH3 is 1. The highest BCUT2D eigenvalue weighted by atomic mass is 32.1. The Hall–Kier alpha value is -2.45. The summed E-state index contributed by atoms with van der Waals surface area (Å²) in [5.74, 6) is -0.0476. The normalized spacial score (nSPS) is 17.9. The van der Waals surface area contributed by atoms with E-state index in [1.54, 1.807) is 7.11 Å². The van der Waals surface area contributed by atoms with Crippen molar-refractivity contribution in [3.63, 3.8) is 0 Å². The Morgan fingerprint density at radius 3 is 2.79 bits per heavy atom. The summed E-state index contributed by atoms with van der Waals surface area (Å²) in [6.07, 6.45) is 6.59. The molecule has 4 nitrogen and oxygen atoms in total. The molecule has 2 aromatic rings. The second-order valence-corrected chi connectivity index (χ2v) is 6.64. The quantitative estimate of drug-likeness (QED) is 0.760. The van der Waals surface area contributed by atoms with Gasteiger partial charge in [-0.1, -0.05) is 12.2 Å². The summed E-state index contributed by atoms with van der Waals surface area (Å²) in [6, 6.07) is 9.74. The van der Waals surface area contributed by atoms with Crippen molar-refractivity contribution in [2.75, 3.05) is 7.11 Å². The molecule has 0 unspecified atom stereocenters. The number of benzene rings is 1. The van der Waals surface area contributed by atoms with Crippen molar-refractivity contribution >= 4 is 17.1 Å². The van der Waals surface area contributed by atoms with Crippen molar-refractivity contribution in [3.8, 4) is 23.1 Å². The second-order valence-electron chi connectivity index (χ2n) is 5.75. The largest absolute Gasteiger partial charge is 0.497 e. The first-order valence-electron chi connectivity index (χ1n) is 7.91. The molecule has 1 aromatic heterocycles. The predicted molar refractivity (Wildman–Crippen MR) is 93.9 cm³/mol. The molecule has 24 heavy (non-hydrogen) atoms. The number of carbonyl (C=O) groups excluding carboxylic acids is 1. The smallest absolute Gasteiger partial charge is 0.160 e. The number of allylic oxidation sites excluding steroid dienone is 2. The summed E-state index contributed by atoms with van der Waals surface area (Å²) in [7, 11) is 1.62. The third-order valence-electron chi connectivity index (χ3n) is 4.24. The Bertz CT molecular complexity index is 786. The first kappa shape index (κ1) is 16.4. The van der Waals surface area contributed by atoms with E-state index in [0.29, 0.717) is 5.01 Å². The van der Waals surface area contributed by atoms with Gasteiger partial charge in [0, 0.05) is 16.9 Å². The molecule has 0 bridgehead atoms. The topological polar surface area (TPSA) is 63.0 Å². The third kappa shape index (κ3) is 3.39. The van der Waals surface area contributed by atoms with Gasteiger partial charge in [0.25, 0.3) is 0 Å². The molecule has 0 aliphatic heterocycles. The molecule has 2 atom stereocenters. The highest BCUT2D eigenvalue weighted by molar-refractivity contribution is 7.10. The van der Waals surface area contributed by atoms with Crippen molar-refractivity contribution in [2.24, 2.45) is 5.92 Å². The van der Waals surface area contributed by atoms with Crippen molar-refractivity contribution in [3.05, 3.63) is 46.8 Å². The average Bonchev–Trinajstić information content (AvgIpc) is 3.13. The number of hydrogen-bond donors (Lipinski definition) is 0. The van der Waals surface area contributed by atoms with Crippen LogP contribution in [0.1, 0.15) is 30.2 Å². The van der Waals surface area contributed by atoms with Crippen LogP contribution in [0, 0.1) is 17.2 Å². The lowest BCUT2D eigenvalue weighted by Crippen LogP contribution is -2.22. The highest BCUT2D eigenvalue weighted by Gasteiger charge is 2.30. The van der Waals surface area contributed by atoms with Crippen molar-refractivity contribution < 1.29 is 9.53 Å². The Balaban J connectivity index is 1.80. The predicted octanol–water partition coefficient (Wildman–Crippen LogP) is 4.35. The van der Waals surface area contributed by atoms with Crippen LogP contribution >= 0.6 is 11.3 Å². The monoisotopic (exact) mass is 338 g/mol. The van der Waals surface area contributed by atoms with Gasteiger partial charge in [-0.05, 0) is 43.5 Å². The maximum atomic E-state index is 12.7. The van der Waals surface area contributed by atoms with Gasteiger partial charge in [0.2, 0.25) is 0 Å². The van der Waals surface area contributed by atoms with Crippen LogP contribution in [0.5, 0.6) is 5.75 Å². The number of rotatable bonds is 5. The van der Waals surface area contributed by atoms with Crippen LogP contribution in [0.25, 0.3) is 11.3 Å². The van der Waals surface area contributed by atoms with Gasteiger partial charge in [0.05, 0.1) is 18.9 Å². The van der Waals surface area contributed by atoms with E-state index in [4.69, 9.17) is 4.74 Å². The summed E-state index contributed by atoms with van der Waals surface area (Å²) in [4.78, 5) is 17.2. The lowest BCUT2D eigenvalue weighted by Gasteiger charge is -2.18. The van der Waals surface area contributed by atoms with E-state index in [2.05, 4.69) is 17.1 Å². The summed E-state index contributed by atoms with van der Waals surface area (Å²) in [5, 5.41) is 12.0. The molecule has 122 valence electrons. The van der Waals surface area contributed by atoms with E-state index in [1.165, 1.54) is 11.3 Å². The van der Waals surface area contributed by atoms with Crippen LogP contribution in [0.15, 0.2) is 41.8 Å². The van der Waals surface area contributed by atoms with Crippen LogP contribution in [0.2, 0.25) is 0 Å². The summed E-state index contributed by atoms with van der Waals surface area (Å²) < 4.78 is 5.15. The number of nitrogens with zero attached hydrogens (tertiary/aromatic N) is 2. The fourth-order valence-corrected chi connectivity index (χ4v) is 3.72. The number of aromatic nitrogens is 1. The molecule has 1 aliphatic carbocycles. The Morgan fingerprint density at radius 1 is 1.38 bits per heavy atom. The molecule has 0 radical (unpaired) electrons. The Labute approximate surface area is 145 Å². The molecule has 1 aliphatic rings. The molecule has 0 N–H and O–H groups in total. The lowest BCUT2D eigenvalue weighted by molar-refractivity contribution is -0.123. The molecule has 0 fully saturated rings. The molecule has 5 heteroatoms. The van der Waals surface area contributed by atoms with Crippen LogP contribution in [-0.4, -0.2) is 17.9 Å². The molecular formula is C19H18N2O2S. The number of nitriles is 1. The summed E-state index contributed by atoms with van der Waals surface area (Å²) in [5.41, 5.74) is 1.73. The fourth-order valence-electron chi connectivity index (χ4n) is 2.84. The first-order chi connectivity index (χ1) is 11.7. The summed E-state index contributed by atoms with van der Waals surface area (Å²) >= 11 is 1.38. The first-order valence-corrected chi connectivity index (χ1v) is 8.79. The number of hydrogen-bond acceptors (Lipinski definition) is 5. The minimum absolute atomic E-state index is 0.00233. The number of ether oxygens (including phenoxy) is 1. The maximum absolute atomic E-state index is 12.7. The standard InChI is InChI=1S/C19H18N2O2S/c1-23-15-9-7-13(8-10-15)17-12-24-19(21-17)16(11-20)18(22)14-5-3-2-4-6-14/h2-3,7-10,12,14,16H,4-6H2,1H3/t14-,16-/m1/s1. The van der Waals surface area contributed by atoms with Gasteiger partial charge in [-0.15, -0.1) is 11.3 Å². The molecule has 1 heterocycles. The van der Waals surface area contributed by atoms with Gasteiger partial charge in [-0.2, -0.15) is 5.26 Å². The van der Waals surface area contributed by atoms with Gasteiger partial charge in [-0.25, -0.2) is 4.98 Å². The van der Waals surface area contributed by atoms with Gasteiger partial charge >= 0.3 is 0 Å². The Morgan fingerprint density at radius 2 is 2.17 bits per heavy atom. The minimum Gasteiger partial charge on any atom is -0.497 e. The second kappa shape index (κ2) is 7.41. The van der Waals surface area contributed by atoms with Crippen LogP contribution in [0.4, 0.5) is 0 Å². The number of Topliss-reactive ketones (excluding diaryl/α,β-unsaturated/α-hetero) is 1. The average molecular weight is 338 g/mol. The maximum Gasteiger partial charge on any atom is 0.160 e. The van der Waals surface area contributed by atoms with E-state index < -0.39 is 5.92 Å². The molecule has 3 rings (SSSR count). The highest BCUT2D eigenvalue weighted by Crippen LogP contribution is 2.31. The molecular weight excluding hydrogens is 320 g/mol. The third-order valence-corrected chi connectivity index (χ3v) is 5.15. The number of ketones is 1. The number of carbonyl (C=O) groups is 1. The molecule has 1 aromatic carbocycles. The van der Waals surface area contributed by atoms with Crippen molar-refractivity contribution in [2.45, 2.75) is 25.2 Å². The van der Waals surface area contributed by atoms with Gasteiger partial charge in [0.15, 0.2) is 11.7 Å². The fraction of sp³-hybridized carbons (Fsp3) is 0.316. The van der Waals surface area contributed by atoms with Crippen molar-refractivity contribution in [1.29, 1.82) is 5.26 Å². The zero-order chi connectivity index (χ0) is 16.9. The zero-order valence-corrected chi connectivity index (χ0v) is 14.3. The van der Waals surface area contributed by atoms with E-state index in [0.717, 1.165) is 36.3 Å². The van der Waals surface area contributed by atoms with Gasteiger partial charge in [0.1, 0.15) is 10.8 Å². The van der Waals surface area contributed by atoms with Gasteiger partial charge < -0.3 is 4.74 Å². The zero-order valence-electron chi connectivity index (χ0n) is 13.4. The molecule has 0 spiro atoms. The van der Waals surface area contributed by atoms with Crippen molar-refractivity contribution in [1.82, 2.24) is 4.98 Å². The molecule has 0 saturated carbocycles. The van der Waals surface area contributed by atoms with E-state index in [1.807, 2.05) is 35.7 Å². The minimum atomic E-state index is -0.765.